The number of rotatable bonds is 8. The van der Waals surface area contributed by atoms with Crippen LogP contribution in [-0.2, 0) is 6.42 Å². The summed E-state index contributed by atoms with van der Waals surface area (Å²) in [6, 6.07) is 13.4. The van der Waals surface area contributed by atoms with Gasteiger partial charge in [0.1, 0.15) is 5.82 Å². The standard InChI is InChI=1S/C23H32N6O2.HI/c1-18-6-5-8-22(26-18)28-16-13-20(14-17-28)27-23(24-2)25-15-4-3-7-19-9-11-21(12-10-19)29(30)31;/h5-6,8-12,20H,3-4,7,13-17H2,1-2H3,(H2,24,25,27);1H. The number of nitrogens with zero attached hydrogens (tertiary/aromatic N) is 4. The SMILES string of the molecule is CN=C(NCCCCc1ccc([N+](=O)[O-])cc1)NC1CCN(c2cccc(C)n2)CC1.I. The summed E-state index contributed by atoms with van der Waals surface area (Å²) in [5.74, 6) is 1.91. The highest BCUT2D eigenvalue weighted by Crippen LogP contribution is 2.18. The van der Waals surface area contributed by atoms with Gasteiger partial charge in [0, 0.05) is 50.6 Å². The highest BCUT2D eigenvalue weighted by molar-refractivity contribution is 14.0. The van der Waals surface area contributed by atoms with E-state index in [1.165, 1.54) is 0 Å². The van der Waals surface area contributed by atoms with Gasteiger partial charge in [-0.3, -0.25) is 15.1 Å². The number of hydrogen-bond acceptors (Lipinski definition) is 5. The van der Waals surface area contributed by atoms with Crippen LogP contribution in [0.2, 0.25) is 0 Å². The van der Waals surface area contributed by atoms with E-state index in [-0.39, 0.29) is 34.6 Å². The molecule has 0 unspecified atom stereocenters. The summed E-state index contributed by atoms with van der Waals surface area (Å²) in [5, 5.41) is 17.7. The molecule has 0 saturated carbocycles. The number of pyridine rings is 1. The van der Waals surface area contributed by atoms with Gasteiger partial charge in [0.25, 0.3) is 5.69 Å². The lowest BCUT2D eigenvalue weighted by molar-refractivity contribution is -0.384. The summed E-state index contributed by atoms with van der Waals surface area (Å²) in [6.07, 6.45) is 5.04. The average molecular weight is 552 g/mol. The quantitative estimate of drug-likeness (QED) is 0.128. The fourth-order valence-corrected chi connectivity index (χ4v) is 3.79. The first-order chi connectivity index (χ1) is 15.0. The van der Waals surface area contributed by atoms with Gasteiger partial charge in [0.05, 0.1) is 4.92 Å². The number of hydrogen-bond donors (Lipinski definition) is 2. The van der Waals surface area contributed by atoms with Crippen molar-refractivity contribution in [3.63, 3.8) is 0 Å². The van der Waals surface area contributed by atoms with Crippen LogP contribution < -0.4 is 15.5 Å². The lowest BCUT2D eigenvalue weighted by atomic mass is 10.1. The number of piperidine rings is 1. The Balaban J connectivity index is 0.00000363. The van der Waals surface area contributed by atoms with Crippen LogP contribution in [0.25, 0.3) is 0 Å². The molecule has 1 fully saturated rings. The summed E-state index contributed by atoms with van der Waals surface area (Å²) in [5.41, 5.74) is 2.32. The Morgan fingerprint density at radius 2 is 1.91 bits per heavy atom. The van der Waals surface area contributed by atoms with E-state index < -0.39 is 0 Å². The van der Waals surface area contributed by atoms with Gasteiger partial charge >= 0.3 is 0 Å². The van der Waals surface area contributed by atoms with Crippen molar-refractivity contribution in [3.8, 4) is 0 Å². The molecule has 174 valence electrons. The molecule has 2 aromatic rings. The van der Waals surface area contributed by atoms with E-state index in [4.69, 9.17) is 0 Å². The van der Waals surface area contributed by atoms with Gasteiger partial charge in [0.15, 0.2) is 5.96 Å². The summed E-state index contributed by atoms with van der Waals surface area (Å²) >= 11 is 0. The number of nitro benzene ring substituents is 1. The van der Waals surface area contributed by atoms with E-state index in [0.29, 0.717) is 6.04 Å². The van der Waals surface area contributed by atoms with Crippen LogP contribution in [0.3, 0.4) is 0 Å². The van der Waals surface area contributed by atoms with Crippen LogP contribution in [0.5, 0.6) is 0 Å². The monoisotopic (exact) mass is 552 g/mol. The molecule has 2 N–H and O–H groups in total. The smallest absolute Gasteiger partial charge is 0.269 e. The van der Waals surface area contributed by atoms with Crippen molar-refractivity contribution >= 4 is 41.4 Å². The zero-order valence-electron chi connectivity index (χ0n) is 18.8. The molecule has 1 aromatic carbocycles. The molecule has 8 nitrogen and oxygen atoms in total. The van der Waals surface area contributed by atoms with Gasteiger partial charge in [-0.2, -0.15) is 0 Å². The molecule has 2 heterocycles. The lowest BCUT2D eigenvalue weighted by Crippen LogP contribution is -2.49. The Bertz CT molecular complexity index is 882. The number of aryl methyl sites for hydroxylation is 2. The van der Waals surface area contributed by atoms with Crippen molar-refractivity contribution in [1.82, 2.24) is 15.6 Å². The Morgan fingerprint density at radius 3 is 2.53 bits per heavy atom. The van der Waals surface area contributed by atoms with Crippen LogP contribution >= 0.6 is 24.0 Å². The Hall–Kier alpha value is -2.43. The van der Waals surface area contributed by atoms with E-state index in [1.807, 2.05) is 25.1 Å². The number of aliphatic imine (C=N–C) groups is 1. The minimum Gasteiger partial charge on any atom is -0.356 e. The maximum Gasteiger partial charge on any atom is 0.269 e. The maximum atomic E-state index is 10.7. The Morgan fingerprint density at radius 1 is 1.19 bits per heavy atom. The third-order valence-corrected chi connectivity index (χ3v) is 5.59. The third-order valence-electron chi connectivity index (χ3n) is 5.59. The predicted octanol–water partition coefficient (Wildman–Crippen LogP) is 4.07. The van der Waals surface area contributed by atoms with Crippen molar-refractivity contribution in [2.75, 3.05) is 31.6 Å². The number of nitrogens with one attached hydrogen (secondary N) is 2. The van der Waals surface area contributed by atoms with Gasteiger partial charge in [-0.1, -0.05) is 18.2 Å². The van der Waals surface area contributed by atoms with Gasteiger partial charge in [-0.05, 0) is 56.7 Å². The number of nitro groups is 1. The van der Waals surface area contributed by atoms with Crippen LogP contribution in [0.15, 0.2) is 47.5 Å². The zero-order valence-corrected chi connectivity index (χ0v) is 21.1. The first-order valence-corrected chi connectivity index (χ1v) is 10.9. The van der Waals surface area contributed by atoms with Crippen molar-refractivity contribution < 1.29 is 4.92 Å². The van der Waals surface area contributed by atoms with Crippen molar-refractivity contribution in [3.05, 3.63) is 63.8 Å². The first-order valence-electron chi connectivity index (χ1n) is 10.9. The number of aromatic nitrogens is 1. The number of halogens is 1. The Labute approximate surface area is 207 Å². The molecule has 0 radical (unpaired) electrons. The van der Waals surface area contributed by atoms with Crippen molar-refractivity contribution in [1.29, 1.82) is 0 Å². The minimum absolute atomic E-state index is 0. The highest BCUT2D eigenvalue weighted by atomic mass is 127. The van der Waals surface area contributed by atoms with Gasteiger partial charge in [-0.25, -0.2) is 4.98 Å². The highest BCUT2D eigenvalue weighted by Gasteiger charge is 2.20. The second-order valence-corrected chi connectivity index (χ2v) is 7.92. The topological polar surface area (TPSA) is 95.7 Å². The van der Waals surface area contributed by atoms with Crippen molar-refractivity contribution in [2.24, 2.45) is 4.99 Å². The van der Waals surface area contributed by atoms with Crippen molar-refractivity contribution in [2.45, 2.75) is 45.1 Å². The molecule has 3 rings (SSSR count). The molecule has 32 heavy (non-hydrogen) atoms. The molecule has 0 amide bonds. The van der Waals surface area contributed by atoms with E-state index in [9.17, 15) is 10.1 Å². The molecular weight excluding hydrogens is 519 g/mol. The van der Waals surface area contributed by atoms with Crippen LogP contribution in [0, 0.1) is 17.0 Å². The van der Waals surface area contributed by atoms with E-state index in [0.717, 1.165) is 74.8 Å². The summed E-state index contributed by atoms with van der Waals surface area (Å²) in [6.45, 7) is 4.85. The molecule has 0 atom stereocenters. The van der Waals surface area contributed by atoms with E-state index >= 15 is 0 Å². The number of unbranched alkanes of at least 4 members (excludes halogenated alkanes) is 1. The second-order valence-electron chi connectivity index (χ2n) is 7.92. The van der Waals surface area contributed by atoms with Gasteiger partial charge in [0.2, 0.25) is 0 Å². The normalized spacial score (nSPS) is 14.6. The largest absolute Gasteiger partial charge is 0.356 e. The van der Waals surface area contributed by atoms with Crippen LogP contribution in [-0.4, -0.2) is 48.6 Å². The van der Waals surface area contributed by atoms with E-state index in [2.05, 4.69) is 37.6 Å². The fourth-order valence-electron chi connectivity index (χ4n) is 3.79. The van der Waals surface area contributed by atoms with E-state index in [1.54, 1.807) is 19.2 Å². The second kappa shape index (κ2) is 13.2. The summed E-state index contributed by atoms with van der Waals surface area (Å²) in [7, 11) is 1.80. The molecular formula is C23H33IN6O2. The van der Waals surface area contributed by atoms with Gasteiger partial charge in [-0.15, -0.1) is 24.0 Å². The number of guanidine groups is 1. The first kappa shape index (κ1) is 25.8. The van der Waals surface area contributed by atoms with Gasteiger partial charge < -0.3 is 15.5 Å². The van der Waals surface area contributed by atoms with Crippen LogP contribution in [0.1, 0.15) is 36.9 Å². The number of benzene rings is 1. The summed E-state index contributed by atoms with van der Waals surface area (Å²) < 4.78 is 0. The molecule has 1 aliphatic heterocycles. The molecule has 9 heteroatoms. The number of anilines is 1. The molecule has 1 aromatic heterocycles. The average Bonchev–Trinajstić information content (AvgIpc) is 2.79. The fraction of sp³-hybridized carbons (Fsp3) is 0.478. The molecule has 0 aliphatic carbocycles. The molecule has 1 saturated heterocycles. The molecule has 0 spiro atoms. The summed E-state index contributed by atoms with van der Waals surface area (Å²) in [4.78, 5) is 21.7. The molecule has 1 aliphatic rings. The van der Waals surface area contributed by atoms with Crippen LogP contribution in [0.4, 0.5) is 11.5 Å². The maximum absolute atomic E-state index is 10.7. The minimum atomic E-state index is -0.365. The lowest BCUT2D eigenvalue weighted by Gasteiger charge is -2.34. The molecule has 0 bridgehead atoms. The Kier molecular flexibility index (Phi) is 10.6. The number of non-ortho nitro benzene ring substituents is 1. The predicted molar refractivity (Wildman–Crippen MR) is 140 cm³/mol. The third kappa shape index (κ3) is 7.92. The zero-order chi connectivity index (χ0) is 22.1.